The van der Waals surface area contributed by atoms with Gasteiger partial charge in [0.05, 0.1) is 6.54 Å². The SMILES string of the molecule is c1cnn(CCNC2CCCC(C3CC3)C2)c1. The number of nitrogens with zero attached hydrogens (tertiary/aromatic N) is 2. The maximum Gasteiger partial charge on any atom is 0.0534 e. The average Bonchev–Trinajstić information content (AvgIpc) is 3.09. The fourth-order valence-corrected chi connectivity index (χ4v) is 3.22. The average molecular weight is 233 g/mol. The monoisotopic (exact) mass is 233 g/mol. The highest BCUT2D eigenvalue weighted by Gasteiger charge is 2.34. The van der Waals surface area contributed by atoms with Gasteiger partial charge in [-0.25, -0.2) is 0 Å². The predicted molar refractivity (Wildman–Crippen MR) is 68.7 cm³/mol. The molecule has 2 saturated carbocycles. The van der Waals surface area contributed by atoms with Crippen molar-refractivity contribution in [3.63, 3.8) is 0 Å². The van der Waals surface area contributed by atoms with Crippen molar-refractivity contribution in [2.24, 2.45) is 11.8 Å². The molecule has 3 nitrogen and oxygen atoms in total. The summed E-state index contributed by atoms with van der Waals surface area (Å²) in [6, 6.07) is 2.76. The lowest BCUT2D eigenvalue weighted by Crippen LogP contribution is -2.36. The molecule has 0 bridgehead atoms. The van der Waals surface area contributed by atoms with Gasteiger partial charge in [0.1, 0.15) is 0 Å². The summed E-state index contributed by atoms with van der Waals surface area (Å²) < 4.78 is 2.01. The third-order valence-electron chi connectivity index (χ3n) is 4.34. The molecular weight excluding hydrogens is 210 g/mol. The van der Waals surface area contributed by atoms with Crippen LogP contribution in [0.25, 0.3) is 0 Å². The molecule has 1 aromatic rings. The summed E-state index contributed by atoms with van der Waals surface area (Å²) in [5.41, 5.74) is 0. The first-order valence-electron chi connectivity index (χ1n) is 7.12. The van der Waals surface area contributed by atoms with Crippen LogP contribution in [0.2, 0.25) is 0 Å². The van der Waals surface area contributed by atoms with E-state index in [1.807, 2.05) is 23.1 Å². The highest BCUT2D eigenvalue weighted by molar-refractivity contribution is 4.88. The van der Waals surface area contributed by atoms with Gasteiger partial charge >= 0.3 is 0 Å². The summed E-state index contributed by atoms with van der Waals surface area (Å²) in [4.78, 5) is 0. The molecule has 94 valence electrons. The normalized spacial score (nSPS) is 29.4. The third kappa shape index (κ3) is 3.09. The smallest absolute Gasteiger partial charge is 0.0534 e. The van der Waals surface area contributed by atoms with E-state index in [4.69, 9.17) is 0 Å². The van der Waals surface area contributed by atoms with E-state index in [1.54, 1.807) is 0 Å². The Morgan fingerprint density at radius 1 is 1.18 bits per heavy atom. The lowest BCUT2D eigenvalue weighted by molar-refractivity contribution is 0.259. The molecule has 2 unspecified atom stereocenters. The standard InChI is InChI=1S/C14H23N3/c1-3-13(12-5-6-12)11-14(4-1)15-8-10-17-9-2-7-16-17/h2,7,9,12-15H,1,3-6,8,10-11H2. The molecule has 0 aliphatic heterocycles. The van der Waals surface area contributed by atoms with Gasteiger partial charge in [0.2, 0.25) is 0 Å². The number of aromatic nitrogens is 2. The van der Waals surface area contributed by atoms with E-state index < -0.39 is 0 Å². The van der Waals surface area contributed by atoms with Crippen molar-refractivity contribution in [3.05, 3.63) is 18.5 Å². The second kappa shape index (κ2) is 5.21. The molecule has 0 saturated heterocycles. The first kappa shape index (κ1) is 11.3. The maximum absolute atomic E-state index is 4.23. The van der Waals surface area contributed by atoms with Crippen molar-refractivity contribution >= 4 is 0 Å². The van der Waals surface area contributed by atoms with E-state index in [9.17, 15) is 0 Å². The fraction of sp³-hybridized carbons (Fsp3) is 0.786. The molecule has 0 radical (unpaired) electrons. The van der Waals surface area contributed by atoms with Gasteiger partial charge < -0.3 is 5.32 Å². The molecule has 2 atom stereocenters. The maximum atomic E-state index is 4.23. The van der Waals surface area contributed by atoms with Crippen molar-refractivity contribution < 1.29 is 0 Å². The van der Waals surface area contributed by atoms with Gasteiger partial charge in [0.15, 0.2) is 0 Å². The Bertz CT molecular complexity index is 329. The van der Waals surface area contributed by atoms with Crippen LogP contribution in [-0.4, -0.2) is 22.4 Å². The molecule has 0 amide bonds. The number of nitrogens with one attached hydrogen (secondary N) is 1. The van der Waals surface area contributed by atoms with Gasteiger partial charge in [-0.15, -0.1) is 0 Å². The molecule has 17 heavy (non-hydrogen) atoms. The zero-order chi connectivity index (χ0) is 11.5. The highest BCUT2D eigenvalue weighted by atomic mass is 15.3. The van der Waals surface area contributed by atoms with Crippen LogP contribution in [0, 0.1) is 11.8 Å². The Labute approximate surface area is 104 Å². The summed E-state index contributed by atoms with van der Waals surface area (Å²) in [6.45, 7) is 2.06. The van der Waals surface area contributed by atoms with Crippen LogP contribution < -0.4 is 5.32 Å². The first-order chi connectivity index (χ1) is 8.42. The number of rotatable bonds is 5. The van der Waals surface area contributed by atoms with Crippen LogP contribution in [0.5, 0.6) is 0 Å². The van der Waals surface area contributed by atoms with Crippen LogP contribution in [-0.2, 0) is 6.54 Å². The van der Waals surface area contributed by atoms with Gasteiger partial charge in [-0.1, -0.05) is 12.8 Å². The molecule has 3 heteroatoms. The summed E-state index contributed by atoms with van der Waals surface area (Å²) in [7, 11) is 0. The van der Waals surface area contributed by atoms with Crippen LogP contribution in [0.15, 0.2) is 18.5 Å². The largest absolute Gasteiger partial charge is 0.312 e. The Morgan fingerprint density at radius 3 is 2.88 bits per heavy atom. The Kier molecular flexibility index (Phi) is 3.46. The van der Waals surface area contributed by atoms with E-state index >= 15 is 0 Å². The molecule has 2 aliphatic carbocycles. The molecule has 1 heterocycles. The minimum atomic E-state index is 0.768. The van der Waals surface area contributed by atoms with Gasteiger partial charge in [0, 0.05) is 25.0 Å². The molecule has 0 aromatic carbocycles. The van der Waals surface area contributed by atoms with Crippen LogP contribution in [0.3, 0.4) is 0 Å². The second-order valence-electron chi connectivity index (χ2n) is 5.68. The van der Waals surface area contributed by atoms with Crippen LogP contribution in [0.4, 0.5) is 0 Å². The Balaban J connectivity index is 1.39. The lowest BCUT2D eigenvalue weighted by atomic mass is 9.83. The minimum Gasteiger partial charge on any atom is -0.312 e. The quantitative estimate of drug-likeness (QED) is 0.846. The van der Waals surface area contributed by atoms with E-state index in [1.165, 1.54) is 38.5 Å². The van der Waals surface area contributed by atoms with Gasteiger partial charge in [-0.05, 0) is 43.6 Å². The summed E-state index contributed by atoms with van der Waals surface area (Å²) in [6.07, 6.45) is 12.6. The Hall–Kier alpha value is -0.830. The second-order valence-corrected chi connectivity index (χ2v) is 5.68. The van der Waals surface area contributed by atoms with Gasteiger partial charge in [-0.3, -0.25) is 4.68 Å². The van der Waals surface area contributed by atoms with Crippen molar-refractivity contribution in [1.82, 2.24) is 15.1 Å². The van der Waals surface area contributed by atoms with Crippen molar-refractivity contribution in [1.29, 1.82) is 0 Å². The van der Waals surface area contributed by atoms with Crippen LogP contribution in [0.1, 0.15) is 38.5 Å². The zero-order valence-corrected chi connectivity index (χ0v) is 10.5. The summed E-state index contributed by atoms with van der Waals surface area (Å²) >= 11 is 0. The molecular formula is C14H23N3. The van der Waals surface area contributed by atoms with E-state index in [-0.39, 0.29) is 0 Å². The molecule has 3 rings (SSSR count). The predicted octanol–water partition coefficient (Wildman–Crippen LogP) is 2.44. The molecule has 2 fully saturated rings. The lowest BCUT2D eigenvalue weighted by Gasteiger charge is -2.30. The molecule has 2 aliphatic rings. The van der Waals surface area contributed by atoms with E-state index in [0.717, 1.165) is 31.0 Å². The van der Waals surface area contributed by atoms with E-state index in [2.05, 4.69) is 10.4 Å². The highest BCUT2D eigenvalue weighted by Crippen LogP contribution is 2.43. The molecule has 0 spiro atoms. The molecule has 1 aromatic heterocycles. The minimum absolute atomic E-state index is 0.768. The zero-order valence-electron chi connectivity index (χ0n) is 10.5. The topological polar surface area (TPSA) is 29.9 Å². The van der Waals surface area contributed by atoms with E-state index in [0.29, 0.717) is 0 Å². The summed E-state index contributed by atoms with van der Waals surface area (Å²) in [5.74, 6) is 2.12. The summed E-state index contributed by atoms with van der Waals surface area (Å²) in [5, 5.41) is 7.94. The fourth-order valence-electron chi connectivity index (χ4n) is 3.22. The third-order valence-corrected chi connectivity index (χ3v) is 4.34. The first-order valence-corrected chi connectivity index (χ1v) is 7.12. The van der Waals surface area contributed by atoms with Crippen molar-refractivity contribution in [2.45, 2.75) is 51.1 Å². The number of hydrogen-bond donors (Lipinski definition) is 1. The van der Waals surface area contributed by atoms with Crippen molar-refractivity contribution in [2.75, 3.05) is 6.54 Å². The number of hydrogen-bond acceptors (Lipinski definition) is 2. The molecule has 1 N–H and O–H groups in total. The van der Waals surface area contributed by atoms with Crippen molar-refractivity contribution in [3.8, 4) is 0 Å². The Morgan fingerprint density at radius 2 is 2.12 bits per heavy atom. The van der Waals surface area contributed by atoms with Crippen LogP contribution >= 0.6 is 0 Å². The van der Waals surface area contributed by atoms with Gasteiger partial charge in [-0.2, -0.15) is 5.10 Å². The van der Waals surface area contributed by atoms with Gasteiger partial charge in [0.25, 0.3) is 0 Å².